The number of hydrogen-bond donors (Lipinski definition) is 0. The van der Waals surface area contributed by atoms with E-state index in [2.05, 4.69) is 0 Å². The number of esters is 1. The van der Waals surface area contributed by atoms with Gasteiger partial charge in [0.15, 0.2) is 0 Å². The number of allylic oxidation sites excluding steroid dienone is 1. The van der Waals surface area contributed by atoms with Crippen LogP contribution in [0.1, 0.15) is 19.4 Å². The lowest BCUT2D eigenvalue weighted by Crippen LogP contribution is -2.02. The highest BCUT2D eigenvalue weighted by atomic mass is 16.5. The molecule has 1 aromatic carbocycles. The second kappa shape index (κ2) is 5.95. The van der Waals surface area contributed by atoms with Gasteiger partial charge in [0.25, 0.3) is 0 Å². The minimum atomic E-state index is -0.382. The zero-order chi connectivity index (χ0) is 12.0. The SMILES string of the molecule is CCOC(=O)/C=C(/C)Oc1cccc(C)c1. The summed E-state index contributed by atoms with van der Waals surface area (Å²) in [7, 11) is 0. The molecule has 0 saturated heterocycles. The van der Waals surface area contributed by atoms with Crippen molar-refractivity contribution in [3.8, 4) is 5.75 Å². The van der Waals surface area contributed by atoms with Crippen LogP contribution in [0.25, 0.3) is 0 Å². The van der Waals surface area contributed by atoms with E-state index in [9.17, 15) is 4.79 Å². The number of rotatable bonds is 4. The highest BCUT2D eigenvalue weighted by Crippen LogP contribution is 2.15. The zero-order valence-corrected chi connectivity index (χ0v) is 9.82. The minimum Gasteiger partial charge on any atom is -0.463 e. The Bertz CT molecular complexity index is 394. The van der Waals surface area contributed by atoms with Gasteiger partial charge in [0.2, 0.25) is 0 Å². The predicted molar refractivity (Wildman–Crippen MR) is 62.2 cm³/mol. The molecule has 1 aromatic rings. The van der Waals surface area contributed by atoms with Crippen LogP contribution in [0.2, 0.25) is 0 Å². The predicted octanol–water partition coefficient (Wildman–Crippen LogP) is 2.84. The average molecular weight is 220 g/mol. The van der Waals surface area contributed by atoms with Crippen molar-refractivity contribution in [1.29, 1.82) is 0 Å². The van der Waals surface area contributed by atoms with Crippen molar-refractivity contribution >= 4 is 5.97 Å². The van der Waals surface area contributed by atoms with E-state index in [-0.39, 0.29) is 5.97 Å². The fraction of sp³-hybridized carbons (Fsp3) is 0.308. The molecule has 0 spiro atoms. The van der Waals surface area contributed by atoms with E-state index in [1.54, 1.807) is 13.8 Å². The third-order valence-corrected chi connectivity index (χ3v) is 1.88. The van der Waals surface area contributed by atoms with Gasteiger partial charge >= 0.3 is 5.97 Å². The van der Waals surface area contributed by atoms with Gasteiger partial charge in [-0.3, -0.25) is 0 Å². The summed E-state index contributed by atoms with van der Waals surface area (Å²) in [6, 6.07) is 7.64. The van der Waals surface area contributed by atoms with Crippen molar-refractivity contribution in [2.75, 3.05) is 6.61 Å². The first-order chi connectivity index (χ1) is 7.61. The Morgan fingerprint density at radius 1 is 1.44 bits per heavy atom. The highest BCUT2D eigenvalue weighted by Gasteiger charge is 2.00. The Balaban J connectivity index is 2.63. The van der Waals surface area contributed by atoms with Crippen LogP contribution in [0.5, 0.6) is 5.75 Å². The molecule has 0 saturated carbocycles. The summed E-state index contributed by atoms with van der Waals surface area (Å²) in [4.78, 5) is 11.1. The lowest BCUT2D eigenvalue weighted by atomic mass is 10.2. The van der Waals surface area contributed by atoms with Crippen molar-refractivity contribution in [2.24, 2.45) is 0 Å². The summed E-state index contributed by atoms with van der Waals surface area (Å²) in [5.74, 6) is 0.856. The number of carbonyl (C=O) groups is 1. The number of carbonyl (C=O) groups excluding carboxylic acids is 1. The summed E-state index contributed by atoms with van der Waals surface area (Å²) in [5, 5.41) is 0. The van der Waals surface area contributed by atoms with Gasteiger partial charge in [0.05, 0.1) is 12.7 Å². The Kier molecular flexibility index (Phi) is 4.58. The summed E-state index contributed by atoms with van der Waals surface area (Å²) in [6.45, 7) is 5.84. The van der Waals surface area contributed by atoms with E-state index in [1.807, 2.05) is 31.2 Å². The van der Waals surface area contributed by atoms with E-state index in [1.165, 1.54) is 6.08 Å². The second-order valence-electron chi connectivity index (χ2n) is 3.43. The Morgan fingerprint density at radius 2 is 2.19 bits per heavy atom. The largest absolute Gasteiger partial charge is 0.463 e. The zero-order valence-electron chi connectivity index (χ0n) is 9.82. The van der Waals surface area contributed by atoms with E-state index in [0.29, 0.717) is 12.4 Å². The van der Waals surface area contributed by atoms with Crippen LogP contribution < -0.4 is 4.74 Å². The van der Waals surface area contributed by atoms with Gasteiger partial charge in [-0.1, -0.05) is 12.1 Å². The normalized spacial score (nSPS) is 11.1. The first kappa shape index (κ1) is 12.3. The van der Waals surface area contributed by atoms with Crippen LogP contribution in [0.4, 0.5) is 0 Å². The maximum absolute atomic E-state index is 11.1. The average Bonchev–Trinajstić information content (AvgIpc) is 2.17. The quantitative estimate of drug-likeness (QED) is 0.444. The molecule has 0 amide bonds. The monoisotopic (exact) mass is 220 g/mol. The van der Waals surface area contributed by atoms with Gasteiger partial charge in [0, 0.05) is 0 Å². The van der Waals surface area contributed by atoms with E-state index < -0.39 is 0 Å². The second-order valence-corrected chi connectivity index (χ2v) is 3.43. The van der Waals surface area contributed by atoms with Crippen LogP contribution in [0.15, 0.2) is 36.1 Å². The molecule has 0 aliphatic carbocycles. The molecule has 1 rings (SSSR count). The standard InChI is InChI=1S/C13H16O3/c1-4-15-13(14)9-11(3)16-12-7-5-6-10(2)8-12/h5-9H,4H2,1-3H3/b11-9-. The molecule has 0 atom stereocenters. The molecule has 0 aliphatic heterocycles. The maximum atomic E-state index is 11.1. The number of benzene rings is 1. The molecule has 0 aliphatic rings. The van der Waals surface area contributed by atoms with Gasteiger partial charge < -0.3 is 9.47 Å². The van der Waals surface area contributed by atoms with Crippen LogP contribution in [-0.4, -0.2) is 12.6 Å². The first-order valence-electron chi connectivity index (χ1n) is 5.21. The Labute approximate surface area is 95.7 Å². The number of hydrogen-bond acceptors (Lipinski definition) is 3. The molecule has 0 aromatic heterocycles. The molecular weight excluding hydrogens is 204 g/mol. The van der Waals surface area contributed by atoms with Crippen molar-refractivity contribution in [3.05, 3.63) is 41.7 Å². The fourth-order valence-electron chi connectivity index (χ4n) is 1.24. The van der Waals surface area contributed by atoms with E-state index >= 15 is 0 Å². The number of aryl methyl sites for hydroxylation is 1. The molecule has 0 fully saturated rings. The molecule has 3 heteroatoms. The third kappa shape index (κ3) is 4.17. The van der Waals surface area contributed by atoms with Crippen molar-refractivity contribution < 1.29 is 14.3 Å². The summed E-state index contributed by atoms with van der Waals surface area (Å²) in [6.07, 6.45) is 1.34. The van der Waals surface area contributed by atoms with Crippen LogP contribution >= 0.6 is 0 Å². The van der Waals surface area contributed by atoms with Gasteiger partial charge in [-0.05, 0) is 38.5 Å². The number of ether oxygens (including phenoxy) is 2. The van der Waals surface area contributed by atoms with Crippen LogP contribution in [0, 0.1) is 6.92 Å². The molecule has 0 radical (unpaired) electrons. The van der Waals surface area contributed by atoms with E-state index in [0.717, 1.165) is 11.3 Å². The van der Waals surface area contributed by atoms with Crippen LogP contribution in [0.3, 0.4) is 0 Å². The summed E-state index contributed by atoms with van der Waals surface area (Å²) in [5.41, 5.74) is 1.11. The van der Waals surface area contributed by atoms with Gasteiger partial charge in [0.1, 0.15) is 11.5 Å². The fourth-order valence-corrected chi connectivity index (χ4v) is 1.24. The summed E-state index contributed by atoms with van der Waals surface area (Å²) >= 11 is 0. The van der Waals surface area contributed by atoms with Crippen molar-refractivity contribution in [3.63, 3.8) is 0 Å². The molecule has 16 heavy (non-hydrogen) atoms. The van der Waals surface area contributed by atoms with Gasteiger partial charge in [-0.25, -0.2) is 4.79 Å². The lowest BCUT2D eigenvalue weighted by Gasteiger charge is -2.06. The summed E-state index contributed by atoms with van der Waals surface area (Å²) < 4.78 is 10.3. The maximum Gasteiger partial charge on any atom is 0.334 e. The molecule has 86 valence electrons. The highest BCUT2D eigenvalue weighted by molar-refractivity contribution is 5.82. The lowest BCUT2D eigenvalue weighted by molar-refractivity contribution is -0.137. The smallest absolute Gasteiger partial charge is 0.334 e. The topological polar surface area (TPSA) is 35.5 Å². The Hall–Kier alpha value is -1.77. The van der Waals surface area contributed by atoms with Crippen molar-refractivity contribution in [1.82, 2.24) is 0 Å². The van der Waals surface area contributed by atoms with Crippen LogP contribution in [-0.2, 0) is 9.53 Å². The molecule has 0 heterocycles. The molecule has 3 nitrogen and oxygen atoms in total. The molecular formula is C13H16O3. The van der Waals surface area contributed by atoms with Gasteiger partial charge in [-0.2, -0.15) is 0 Å². The molecule has 0 bridgehead atoms. The minimum absolute atomic E-state index is 0.368. The molecule has 0 N–H and O–H groups in total. The van der Waals surface area contributed by atoms with E-state index in [4.69, 9.17) is 9.47 Å². The van der Waals surface area contributed by atoms with Gasteiger partial charge in [-0.15, -0.1) is 0 Å². The first-order valence-corrected chi connectivity index (χ1v) is 5.21. The Morgan fingerprint density at radius 3 is 2.81 bits per heavy atom. The van der Waals surface area contributed by atoms with Crippen molar-refractivity contribution in [2.45, 2.75) is 20.8 Å². The molecule has 0 unspecified atom stereocenters. The third-order valence-electron chi connectivity index (χ3n) is 1.88.